The molecule has 0 bridgehead atoms. The van der Waals surface area contributed by atoms with Gasteiger partial charge in [0, 0.05) is 6.20 Å². The van der Waals surface area contributed by atoms with E-state index < -0.39 is 5.97 Å². The first-order valence-corrected chi connectivity index (χ1v) is 6.17. The number of ether oxygens (including phenoxy) is 2. The maximum Gasteiger partial charge on any atom is 0.335 e. The molecule has 2 rings (SSSR count). The lowest BCUT2D eigenvalue weighted by Crippen LogP contribution is -2.10. The molecule has 1 heterocycles. The SMILES string of the molecule is Cc1ncccc1OCCOc1cccc(C(=O)O)c1. The Morgan fingerprint density at radius 2 is 2.00 bits per heavy atom. The van der Waals surface area contributed by atoms with Gasteiger partial charge in [0.15, 0.2) is 0 Å². The van der Waals surface area contributed by atoms with Crippen LogP contribution in [0.1, 0.15) is 16.1 Å². The first-order valence-electron chi connectivity index (χ1n) is 6.17. The number of carboxylic acid groups (broad SMARTS) is 1. The molecular weight excluding hydrogens is 258 g/mol. The van der Waals surface area contributed by atoms with Gasteiger partial charge in [-0.3, -0.25) is 4.98 Å². The second kappa shape index (κ2) is 6.56. The lowest BCUT2D eigenvalue weighted by Gasteiger charge is -2.09. The standard InChI is InChI=1S/C15H15NO4/c1-11-14(6-3-7-16-11)20-9-8-19-13-5-2-4-12(10-13)15(17)18/h2-7,10H,8-9H2,1H3,(H,17,18). The molecule has 1 N–H and O–H groups in total. The maximum absolute atomic E-state index is 10.8. The Bertz CT molecular complexity index is 598. The smallest absolute Gasteiger partial charge is 0.335 e. The first-order chi connectivity index (χ1) is 9.66. The summed E-state index contributed by atoms with van der Waals surface area (Å²) in [5.41, 5.74) is 1.02. The summed E-state index contributed by atoms with van der Waals surface area (Å²) in [7, 11) is 0. The largest absolute Gasteiger partial charge is 0.490 e. The molecule has 0 spiro atoms. The minimum Gasteiger partial charge on any atom is -0.490 e. The second-order valence-corrected chi connectivity index (χ2v) is 4.12. The van der Waals surface area contributed by atoms with Crippen molar-refractivity contribution in [1.29, 1.82) is 0 Å². The third-order valence-electron chi connectivity index (χ3n) is 2.65. The number of nitrogens with zero attached hydrogens (tertiary/aromatic N) is 1. The van der Waals surface area contributed by atoms with Crippen molar-refractivity contribution in [2.75, 3.05) is 13.2 Å². The topological polar surface area (TPSA) is 68.7 Å². The highest BCUT2D eigenvalue weighted by Gasteiger charge is 2.04. The van der Waals surface area contributed by atoms with Gasteiger partial charge in [-0.2, -0.15) is 0 Å². The van der Waals surface area contributed by atoms with Crippen molar-refractivity contribution in [3.8, 4) is 11.5 Å². The van der Waals surface area contributed by atoms with Crippen LogP contribution >= 0.6 is 0 Å². The second-order valence-electron chi connectivity index (χ2n) is 4.12. The third-order valence-corrected chi connectivity index (χ3v) is 2.65. The van der Waals surface area contributed by atoms with E-state index in [0.717, 1.165) is 11.4 Å². The van der Waals surface area contributed by atoms with E-state index in [-0.39, 0.29) is 5.56 Å². The van der Waals surface area contributed by atoms with Gasteiger partial charge in [-0.15, -0.1) is 0 Å². The summed E-state index contributed by atoms with van der Waals surface area (Å²) in [6.07, 6.45) is 1.70. The number of carbonyl (C=O) groups is 1. The molecule has 0 saturated carbocycles. The Morgan fingerprint density at radius 1 is 1.20 bits per heavy atom. The number of benzene rings is 1. The summed E-state index contributed by atoms with van der Waals surface area (Å²) in [5.74, 6) is 0.254. The zero-order chi connectivity index (χ0) is 14.4. The number of rotatable bonds is 6. The Balaban J connectivity index is 1.83. The lowest BCUT2D eigenvalue weighted by molar-refractivity contribution is 0.0696. The highest BCUT2D eigenvalue weighted by Crippen LogP contribution is 2.15. The van der Waals surface area contributed by atoms with E-state index in [0.29, 0.717) is 19.0 Å². The summed E-state index contributed by atoms with van der Waals surface area (Å²) in [5, 5.41) is 8.87. The van der Waals surface area contributed by atoms with Crippen molar-refractivity contribution in [1.82, 2.24) is 4.98 Å². The van der Waals surface area contributed by atoms with E-state index in [4.69, 9.17) is 14.6 Å². The molecule has 0 fully saturated rings. The van der Waals surface area contributed by atoms with Gasteiger partial charge >= 0.3 is 5.97 Å². The molecule has 0 atom stereocenters. The molecule has 2 aromatic rings. The Morgan fingerprint density at radius 3 is 2.75 bits per heavy atom. The fraction of sp³-hybridized carbons (Fsp3) is 0.200. The van der Waals surface area contributed by atoms with Crippen molar-refractivity contribution in [2.45, 2.75) is 6.92 Å². The van der Waals surface area contributed by atoms with E-state index >= 15 is 0 Å². The number of aromatic carboxylic acids is 1. The first kappa shape index (κ1) is 13.9. The zero-order valence-corrected chi connectivity index (χ0v) is 11.1. The fourth-order valence-corrected chi connectivity index (χ4v) is 1.65. The zero-order valence-electron chi connectivity index (χ0n) is 11.1. The van der Waals surface area contributed by atoms with E-state index in [9.17, 15) is 4.79 Å². The van der Waals surface area contributed by atoms with Crippen LogP contribution in [0.2, 0.25) is 0 Å². The van der Waals surface area contributed by atoms with Crippen molar-refractivity contribution in [3.05, 3.63) is 53.9 Å². The molecule has 0 aliphatic carbocycles. The summed E-state index contributed by atoms with van der Waals surface area (Å²) >= 11 is 0. The third kappa shape index (κ3) is 3.71. The molecule has 0 aliphatic heterocycles. The molecule has 5 heteroatoms. The molecule has 20 heavy (non-hydrogen) atoms. The van der Waals surface area contributed by atoms with Gasteiger partial charge in [0.2, 0.25) is 0 Å². The quantitative estimate of drug-likeness (QED) is 0.819. The highest BCUT2D eigenvalue weighted by molar-refractivity contribution is 5.87. The minimum atomic E-state index is -0.974. The molecule has 0 radical (unpaired) electrons. The van der Waals surface area contributed by atoms with Crippen molar-refractivity contribution in [3.63, 3.8) is 0 Å². The number of aryl methyl sites for hydroxylation is 1. The van der Waals surface area contributed by atoms with E-state index in [1.54, 1.807) is 24.4 Å². The van der Waals surface area contributed by atoms with Crippen LogP contribution in [0.3, 0.4) is 0 Å². The van der Waals surface area contributed by atoms with Crippen molar-refractivity contribution < 1.29 is 19.4 Å². The van der Waals surface area contributed by atoms with E-state index in [1.165, 1.54) is 12.1 Å². The average molecular weight is 273 g/mol. The van der Waals surface area contributed by atoms with Gasteiger partial charge < -0.3 is 14.6 Å². The summed E-state index contributed by atoms with van der Waals surface area (Å²) in [6, 6.07) is 10.0. The highest BCUT2D eigenvalue weighted by atomic mass is 16.5. The maximum atomic E-state index is 10.8. The Hall–Kier alpha value is -2.56. The molecule has 104 valence electrons. The number of hydrogen-bond acceptors (Lipinski definition) is 4. The lowest BCUT2D eigenvalue weighted by atomic mass is 10.2. The van der Waals surface area contributed by atoms with Crippen LogP contribution in [0, 0.1) is 6.92 Å². The average Bonchev–Trinajstić information content (AvgIpc) is 2.45. The monoisotopic (exact) mass is 273 g/mol. The van der Waals surface area contributed by atoms with Crippen LogP contribution in [0.4, 0.5) is 0 Å². The number of hydrogen-bond donors (Lipinski definition) is 1. The van der Waals surface area contributed by atoms with Crippen LogP contribution in [-0.2, 0) is 0 Å². The van der Waals surface area contributed by atoms with Crippen LogP contribution in [0.25, 0.3) is 0 Å². The number of pyridine rings is 1. The van der Waals surface area contributed by atoms with Gasteiger partial charge in [-0.05, 0) is 37.3 Å². The molecular formula is C15H15NO4. The molecule has 1 aromatic carbocycles. The molecule has 0 saturated heterocycles. The number of aromatic nitrogens is 1. The molecule has 0 unspecified atom stereocenters. The molecule has 1 aromatic heterocycles. The van der Waals surface area contributed by atoms with Gasteiger partial charge in [0.05, 0.1) is 11.3 Å². The number of carboxylic acids is 1. The van der Waals surface area contributed by atoms with Crippen molar-refractivity contribution >= 4 is 5.97 Å². The predicted octanol–water partition coefficient (Wildman–Crippen LogP) is 2.55. The molecule has 5 nitrogen and oxygen atoms in total. The van der Waals surface area contributed by atoms with Crippen LogP contribution < -0.4 is 9.47 Å². The fourth-order valence-electron chi connectivity index (χ4n) is 1.65. The van der Waals surface area contributed by atoms with Crippen LogP contribution in [0.5, 0.6) is 11.5 Å². The predicted molar refractivity (Wildman–Crippen MR) is 73.4 cm³/mol. The van der Waals surface area contributed by atoms with Gasteiger partial charge in [-0.1, -0.05) is 6.07 Å². The Labute approximate surface area is 116 Å². The van der Waals surface area contributed by atoms with Crippen LogP contribution in [0.15, 0.2) is 42.6 Å². The molecule has 0 amide bonds. The summed E-state index contributed by atoms with van der Waals surface area (Å²) in [4.78, 5) is 14.9. The normalized spacial score (nSPS) is 10.1. The van der Waals surface area contributed by atoms with Gasteiger partial charge in [-0.25, -0.2) is 4.79 Å². The minimum absolute atomic E-state index is 0.200. The van der Waals surface area contributed by atoms with E-state index in [2.05, 4.69) is 4.98 Å². The van der Waals surface area contributed by atoms with Crippen LogP contribution in [-0.4, -0.2) is 29.3 Å². The summed E-state index contributed by atoms with van der Waals surface area (Å²) < 4.78 is 11.0. The van der Waals surface area contributed by atoms with Gasteiger partial charge in [0.25, 0.3) is 0 Å². The van der Waals surface area contributed by atoms with Crippen molar-refractivity contribution in [2.24, 2.45) is 0 Å². The Kier molecular flexibility index (Phi) is 4.55. The summed E-state index contributed by atoms with van der Waals surface area (Å²) in [6.45, 7) is 2.56. The van der Waals surface area contributed by atoms with E-state index in [1.807, 2.05) is 13.0 Å². The molecule has 0 aliphatic rings. The van der Waals surface area contributed by atoms with Gasteiger partial charge in [0.1, 0.15) is 24.7 Å².